The number of ether oxygens (including phenoxy) is 1. The molecule has 27 heavy (non-hydrogen) atoms. The summed E-state index contributed by atoms with van der Waals surface area (Å²) in [7, 11) is 0. The van der Waals surface area contributed by atoms with Crippen molar-refractivity contribution in [2.24, 2.45) is 5.92 Å². The van der Waals surface area contributed by atoms with E-state index in [-0.39, 0.29) is 24.3 Å². The van der Waals surface area contributed by atoms with Gasteiger partial charge in [0.2, 0.25) is 11.8 Å². The van der Waals surface area contributed by atoms with Crippen LogP contribution in [0.5, 0.6) is 0 Å². The number of fused-ring (bicyclic) bond motifs is 1. The van der Waals surface area contributed by atoms with E-state index < -0.39 is 6.09 Å². The van der Waals surface area contributed by atoms with Crippen molar-refractivity contribution in [2.45, 2.75) is 45.3 Å². The lowest BCUT2D eigenvalue weighted by molar-refractivity contribution is -0.138. The molecule has 2 aliphatic heterocycles. The molecule has 0 spiro atoms. The van der Waals surface area contributed by atoms with Crippen LogP contribution < -0.4 is 5.32 Å². The van der Waals surface area contributed by atoms with E-state index in [9.17, 15) is 14.4 Å². The summed E-state index contributed by atoms with van der Waals surface area (Å²) in [6.07, 6.45) is 3.61. The van der Waals surface area contributed by atoms with Crippen LogP contribution in [0.25, 0.3) is 0 Å². The van der Waals surface area contributed by atoms with Gasteiger partial charge in [0.15, 0.2) is 0 Å². The molecule has 1 aromatic heterocycles. The summed E-state index contributed by atoms with van der Waals surface area (Å²) in [5.74, 6) is 0.234. The molecule has 1 aliphatic carbocycles. The molecule has 0 bridgehead atoms. The Labute approximate surface area is 157 Å². The van der Waals surface area contributed by atoms with Crippen LogP contribution in [0.4, 0.5) is 4.79 Å². The van der Waals surface area contributed by atoms with Crippen LogP contribution in [0, 0.1) is 5.92 Å². The Morgan fingerprint density at radius 1 is 1.22 bits per heavy atom. The highest BCUT2D eigenvalue weighted by molar-refractivity contribution is 5.82. The molecule has 0 atom stereocenters. The summed E-state index contributed by atoms with van der Waals surface area (Å²) in [6.45, 7) is 3.20. The normalized spacial score (nSPS) is 19.9. The van der Waals surface area contributed by atoms with Crippen molar-refractivity contribution in [1.29, 1.82) is 0 Å². The van der Waals surface area contributed by atoms with Crippen molar-refractivity contribution in [3.8, 4) is 0 Å². The van der Waals surface area contributed by atoms with Crippen LogP contribution in [-0.2, 0) is 34.0 Å². The van der Waals surface area contributed by atoms with Crippen molar-refractivity contribution in [2.75, 3.05) is 26.2 Å². The Kier molecular flexibility index (Phi) is 5.00. The Bertz CT molecular complexity index is 742. The van der Waals surface area contributed by atoms with Crippen molar-refractivity contribution >= 4 is 17.9 Å². The lowest BCUT2D eigenvalue weighted by atomic mass is 9.84. The third-order valence-corrected chi connectivity index (χ3v) is 5.48. The molecule has 1 aromatic rings. The first-order valence-corrected chi connectivity index (χ1v) is 9.63. The maximum Gasteiger partial charge on any atom is 0.410 e. The highest BCUT2D eigenvalue weighted by Gasteiger charge is 2.31. The van der Waals surface area contributed by atoms with Gasteiger partial charge in [-0.05, 0) is 25.3 Å². The summed E-state index contributed by atoms with van der Waals surface area (Å²) in [4.78, 5) is 39.3. The van der Waals surface area contributed by atoms with Crippen LogP contribution in [0.2, 0.25) is 0 Å². The maximum absolute atomic E-state index is 12.6. The SMILES string of the molecule is O=C(CN1CCOC1=O)NCc1cc2n(n1)CCCN(C(=O)C1CCC1)C2. The monoisotopic (exact) mass is 375 g/mol. The molecule has 3 amide bonds. The van der Waals surface area contributed by atoms with Crippen LogP contribution >= 0.6 is 0 Å². The van der Waals surface area contributed by atoms with Gasteiger partial charge in [0.05, 0.1) is 31.0 Å². The van der Waals surface area contributed by atoms with Crippen molar-refractivity contribution in [3.63, 3.8) is 0 Å². The van der Waals surface area contributed by atoms with Gasteiger partial charge in [-0.2, -0.15) is 5.10 Å². The number of amides is 3. The maximum atomic E-state index is 12.6. The first kappa shape index (κ1) is 17.8. The number of cyclic esters (lactones) is 1. The number of nitrogens with one attached hydrogen (secondary N) is 1. The topological polar surface area (TPSA) is 96.8 Å². The largest absolute Gasteiger partial charge is 0.448 e. The lowest BCUT2D eigenvalue weighted by Crippen LogP contribution is -2.38. The number of hydrogen-bond donors (Lipinski definition) is 1. The van der Waals surface area contributed by atoms with Gasteiger partial charge in [-0.25, -0.2) is 4.79 Å². The Morgan fingerprint density at radius 3 is 2.78 bits per heavy atom. The Morgan fingerprint density at radius 2 is 2.07 bits per heavy atom. The predicted octanol–water partition coefficient (Wildman–Crippen LogP) is 0.484. The van der Waals surface area contributed by atoms with Gasteiger partial charge in [0.1, 0.15) is 13.2 Å². The molecule has 2 fully saturated rings. The molecule has 4 rings (SSSR count). The Hall–Kier alpha value is -2.58. The fraction of sp³-hybridized carbons (Fsp3) is 0.667. The Balaban J connectivity index is 1.32. The molecular weight excluding hydrogens is 350 g/mol. The van der Waals surface area contributed by atoms with Gasteiger partial charge in [-0.15, -0.1) is 0 Å². The molecule has 0 aromatic carbocycles. The summed E-state index contributed by atoms with van der Waals surface area (Å²) < 4.78 is 6.75. The summed E-state index contributed by atoms with van der Waals surface area (Å²) in [5.41, 5.74) is 1.77. The van der Waals surface area contributed by atoms with Gasteiger partial charge in [-0.3, -0.25) is 19.2 Å². The second-order valence-electron chi connectivity index (χ2n) is 7.40. The minimum absolute atomic E-state index is 0.00390. The summed E-state index contributed by atoms with van der Waals surface area (Å²) in [6, 6.07) is 1.96. The second kappa shape index (κ2) is 7.58. The van der Waals surface area contributed by atoms with Gasteiger partial charge < -0.3 is 15.0 Å². The van der Waals surface area contributed by atoms with Crippen LogP contribution in [0.3, 0.4) is 0 Å². The molecule has 1 N–H and O–H groups in total. The van der Waals surface area contributed by atoms with E-state index in [2.05, 4.69) is 10.4 Å². The van der Waals surface area contributed by atoms with E-state index in [1.165, 1.54) is 4.90 Å². The van der Waals surface area contributed by atoms with E-state index in [0.29, 0.717) is 26.2 Å². The highest BCUT2D eigenvalue weighted by atomic mass is 16.6. The number of carbonyl (C=O) groups excluding carboxylic acids is 3. The zero-order chi connectivity index (χ0) is 18.8. The van der Waals surface area contributed by atoms with Crippen molar-refractivity contribution in [3.05, 3.63) is 17.5 Å². The molecular formula is C18H25N5O4. The highest BCUT2D eigenvalue weighted by Crippen LogP contribution is 2.29. The minimum Gasteiger partial charge on any atom is -0.448 e. The van der Waals surface area contributed by atoms with E-state index >= 15 is 0 Å². The standard InChI is InChI=1S/C18H25N5O4/c24-16(12-22-7-8-27-18(22)26)19-10-14-9-15-11-21(5-2-6-23(15)20-14)17(25)13-3-1-4-13/h9,13H,1-8,10-12H2,(H,19,24). The number of hydrogen-bond acceptors (Lipinski definition) is 5. The predicted molar refractivity (Wildman–Crippen MR) is 94.4 cm³/mol. The molecule has 1 saturated carbocycles. The molecule has 1 saturated heterocycles. The van der Waals surface area contributed by atoms with Gasteiger partial charge in [0, 0.05) is 19.0 Å². The molecule has 3 aliphatic rings. The van der Waals surface area contributed by atoms with Crippen LogP contribution in [0.1, 0.15) is 37.1 Å². The number of nitrogens with zero attached hydrogens (tertiary/aromatic N) is 4. The van der Waals surface area contributed by atoms with Crippen LogP contribution in [-0.4, -0.2) is 63.7 Å². The summed E-state index contributed by atoms with van der Waals surface area (Å²) >= 11 is 0. The molecule has 146 valence electrons. The summed E-state index contributed by atoms with van der Waals surface area (Å²) in [5, 5.41) is 7.36. The van der Waals surface area contributed by atoms with Crippen molar-refractivity contribution in [1.82, 2.24) is 24.9 Å². The zero-order valence-corrected chi connectivity index (χ0v) is 15.4. The van der Waals surface area contributed by atoms with Crippen molar-refractivity contribution < 1.29 is 19.1 Å². The number of aryl methyl sites for hydroxylation is 1. The van der Waals surface area contributed by atoms with E-state index in [1.807, 2.05) is 15.6 Å². The lowest BCUT2D eigenvalue weighted by Gasteiger charge is -2.30. The number of aromatic nitrogens is 2. The second-order valence-corrected chi connectivity index (χ2v) is 7.40. The third-order valence-electron chi connectivity index (χ3n) is 5.48. The van der Waals surface area contributed by atoms with E-state index in [0.717, 1.165) is 50.2 Å². The smallest absolute Gasteiger partial charge is 0.410 e. The number of carbonyl (C=O) groups is 3. The van der Waals surface area contributed by atoms with E-state index in [4.69, 9.17) is 4.74 Å². The average Bonchev–Trinajstić information content (AvgIpc) is 3.11. The first-order chi connectivity index (χ1) is 13.1. The van der Waals surface area contributed by atoms with Crippen LogP contribution in [0.15, 0.2) is 6.07 Å². The fourth-order valence-corrected chi connectivity index (χ4v) is 3.70. The van der Waals surface area contributed by atoms with E-state index in [1.54, 1.807) is 0 Å². The molecule has 9 heteroatoms. The minimum atomic E-state index is -0.449. The molecule has 3 heterocycles. The van der Waals surface area contributed by atoms with Gasteiger partial charge >= 0.3 is 6.09 Å². The molecule has 0 unspecified atom stereocenters. The van der Waals surface area contributed by atoms with Gasteiger partial charge in [-0.1, -0.05) is 6.42 Å². The average molecular weight is 375 g/mol. The quantitative estimate of drug-likeness (QED) is 0.808. The third kappa shape index (κ3) is 3.91. The first-order valence-electron chi connectivity index (χ1n) is 9.63. The molecule has 9 nitrogen and oxygen atoms in total. The molecule has 0 radical (unpaired) electrons. The van der Waals surface area contributed by atoms with Gasteiger partial charge in [0.25, 0.3) is 0 Å². The number of rotatable bonds is 5. The zero-order valence-electron chi connectivity index (χ0n) is 15.4. The fourth-order valence-electron chi connectivity index (χ4n) is 3.70.